The highest BCUT2D eigenvalue weighted by molar-refractivity contribution is 7.99. The van der Waals surface area contributed by atoms with Crippen molar-refractivity contribution < 1.29 is 4.79 Å². The van der Waals surface area contributed by atoms with Crippen molar-refractivity contribution in [3.05, 3.63) is 64.7 Å². The van der Waals surface area contributed by atoms with Gasteiger partial charge in [0.15, 0.2) is 0 Å². The second kappa shape index (κ2) is 9.01. The Hall–Kier alpha value is -2.67. The first-order valence-corrected chi connectivity index (χ1v) is 10.3. The number of hydrogen-bond donors (Lipinski definition) is 1. The van der Waals surface area contributed by atoms with E-state index in [0.717, 1.165) is 28.8 Å². The lowest BCUT2D eigenvalue weighted by atomic mass is 10.0. The molecule has 0 radical (unpaired) electrons. The van der Waals surface area contributed by atoms with Crippen molar-refractivity contribution >= 4 is 17.7 Å². The number of para-hydroxylation sites is 1. The van der Waals surface area contributed by atoms with Crippen molar-refractivity contribution in [3.8, 4) is 5.69 Å². The number of thioether (sulfide) groups is 1. The van der Waals surface area contributed by atoms with Crippen LogP contribution in [-0.4, -0.2) is 31.9 Å². The Bertz CT molecular complexity index is 931. The maximum Gasteiger partial charge on any atom is 0.230 e. The molecule has 1 heterocycles. The molecule has 0 bridgehead atoms. The summed E-state index contributed by atoms with van der Waals surface area (Å²) in [4.78, 5) is 12.5. The van der Waals surface area contributed by atoms with Crippen molar-refractivity contribution in [2.24, 2.45) is 0 Å². The Morgan fingerprint density at radius 3 is 2.43 bits per heavy atom. The number of carbonyl (C=O) groups excluding carboxylic acids is 1. The number of hydrogen-bond acceptors (Lipinski definition) is 5. The molecule has 1 amide bonds. The van der Waals surface area contributed by atoms with Crippen molar-refractivity contribution in [1.29, 1.82) is 0 Å². The molecule has 0 aliphatic heterocycles. The first kappa shape index (κ1) is 20.1. The first-order chi connectivity index (χ1) is 13.5. The minimum atomic E-state index is -0.0338. The van der Waals surface area contributed by atoms with Crippen LogP contribution in [0.1, 0.15) is 41.6 Å². The average Bonchev–Trinajstić information content (AvgIpc) is 3.13. The summed E-state index contributed by atoms with van der Waals surface area (Å²) in [6.07, 6.45) is 0.833. The normalized spacial score (nSPS) is 12.0. The van der Waals surface area contributed by atoms with Crippen LogP contribution in [0.2, 0.25) is 0 Å². The van der Waals surface area contributed by atoms with E-state index in [1.54, 1.807) is 4.68 Å². The van der Waals surface area contributed by atoms with Crippen LogP contribution in [0.25, 0.3) is 5.69 Å². The zero-order chi connectivity index (χ0) is 20.1. The lowest BCUT2D eigenvalue weighted by Gasteiger charge is -2.17. The van der Waals surface area contributed by atoms with Crippen LogP contribution in [0.5, 0.6) is 0 Å². The highest BCUT2D eigenvalue weighted by Crippen LogP contribution is 2.24. The quantitative estimate of drug-likeness (QED) is 0.613. The number of benzene rings is 2. The molecule has 146 valence electrons. The zero-order valence-electron chi connectivity index (χ0n) is 16.6. The standard InChI is InChI=1S/C21H25N5OS/c1-5-18(17-11-9-14(2)10-12-17)22-19(27)13-28-21-23-24-25-26(21)20-15(3)7-6-8-16(20)4/h6-12,18H,5,13H2,1-4H3,(H,22,27)/t18-/m0/s1. The predicted octanol–water partition coefficient (Wildman–Crippen LogP) is 3.95. The van der Waals surface area contributed by atoms with Crippen molar-refractivity contribution in [2.45, 2.75) is 45.3 Å². The molecule has 0 aliphatic rings. The van der Waals surface area contributed by atoms with Crippen molar-refractivity contribution in [1.82, 2.24) is 25.5 Å². The van der Waals surface area contributed by atoms with Crippen LogP contribution in [0, 0.1) is 20.8 Å². The van der Waals surface area contributed by atoms with Gasteiger partial charge in [0.05, 0.1) is 17.5 Å². The van der Waals surface area contributed by atoms with Gasteiger partial charge in [-0.15, -0.1) is 5.10 Å². The van der Waals surface area contributed by atoms with Gasteiger partial charge >= 0.3 is 0 Å². The average molecular weight is 396 g/mol. The third kappa shape index (κ3) is 4.59. The number of nitrogens with zero attached hydrogens (tertiary/aromatic N) is 4. The summed E-state index contributed by atoms with van der Waals surface area (Å²) in [7, 11) is 0. The lowest BCUT2D eigenvalue weighted by Crippen LogP contribution is -2.29. The Morgan fingerprint density at radius 2 is 1.79 bits per heavy atom. The first-order valence-electron chi connectivity index (χ1n) is 9.33. The van der Waals surface area contributed by atoms with Gasteiger partial charge in [-0.3, -0.25) is 4.79 Å². The van der Waals surface area contributed by atoms with Gasteiger partial charge in [0.2, 0.25) is 11.1 Å². The van der Waals surface area contributed by atoms with E-state index >= 15 is 0 Å². The third-order valence-electron chi connectivity index (χ3n) is 4.65. The van der Waals surface area contributed by atoms with Crippen LogP contribution in [0.3, 0.4) is 0 Å². The summed E-state index contributed by atoms with van der Waals surface area (Å²) in [5.74, 6) is 0.224. The van der Waals surface area contributed by atoms with E-state index < -0.39 is 0 Å². The van der Waals surface area contributed by atoms with Gasteiger partial charge in [-0.05, 0) is 54.3 Å². The van der Waals surface area contributed by atoms with E-state index in [0.29, 0.717) is 5.16 Å². The monoisotopic (exact) mass is 395 g/mol. The van der Waals surface area contributed by atoms with E-state index in [2.05, 4.69) is 59.0 Å². The number of amides is 1. The molecule has 3 aromatic rings. The SMILES string of the molecule is CC[C@H](NC(=O)CSc1nnnn1-c1c(C)cccc1C)c1ccc(C)cc1. The molecule has 3 rings (SSSR count). The Labute approximate surface area is 169 Å². The molecule has 0 saturated carbocycles. The van der Waals surface area contributed by atoms with Crippen molar-refractivity contribution in [3.63, 3.8) is 0 Å². The molecule has 0 fully saturated rings. The highest BCUT2D eigenvalue weighted by Gasteiger charge is 2.17. The molecule has 0 unspecified atom stereocenters. The molecule has 0 spiro atoms. The van der Waals surface area contributed by atoms with Gasteiger partial charge in [-0.1, -0.05) is 66.7 Å². The van der Waals surface area contributed by atoms with E-state index in [4.69, 9.17) is 0 Å². The zero-order valence-corrected chi connectivity index (χ0v) is 17.5. The number of tetrazole rings is 1. The van der Waals surface area contributed by atoms with Gasteiger partial charge in [0.1, 0.15) is 0 Å². The van der Waals surface area contributed by atoms with Crippen molar-refractivity contribution in [2.75, 3.05) is 5.75 Å². The van der Waals surface area contributed by atoms with E-state index in [1.807, 2.05) is 32.0 Å². The molecule has 1 aromatic heterocycles. The molecule has 0 saturated heterocycles. The molecule has 6 nitrogen and oxygen atoms in total. The van der Waals surface area contributed by atoms with Gasteiger partial charge < -0.3 is 5.32 Å². The minimum absolute atomic E-state index is 0.00306. The molecule has 7 heteroatoms. The second-order valence-corrected chi connectivity index (χ2v) is 7.78. The van der Waals surface area contributed by atoms with Crippen LogP contribution in [-0.2, 0) is 4.79 Å². The predicted molar refractivity (Wildman–Crippen MR) is 112 cm³/mol. The molecule has 1 atom stereocenters. The highest BCUT2D eigenvalue weighted by atomic mass is 32.2. The fraction of sp³-hybridized carbons (Fsp3) is 0.333. The Morgan fingerprint density at radius 1 is 1.11 bits per heavy atom. The number of aromatic nitrogens is 4. The Balaban J connectivity index is 1.67. The summed E-state index contributed by atoms with van der Waals surface area (Å²) in [6, 6.07) is 14.3. The summed E-state index contributed by atoms with van der Waals surface area (Å²) in [5, 5.41) is 15.7. The van der Waals surface area contributed by atoms with Crippen LogP contribution in [0.4, 0.5) is 0 Å². The van der Waals surface area contributed by atoms with Crippen LogP contribution in [0.15, 0.2) is 47.6 Å². The number of nitrogens with one attached hydrogen (secondary N) is 1. The summed E-state index contributed by atoms with van der Waals surface area (Å²) in [5.41, 5.74) is 5.46. The van der Waals surface area contributed by atoms with E-state index in [1.165, 1.54) is 17.3 Å². The Kier molecular flexibility index (Phi) is 6.46. The molecule has 0 aliphatic carbocycles. The van der Waals surface area contributed by atoms with E-state index in [9.17, 15) is 4.79 Å². The number of carbonyl (C=O) groups is 1. The van der Waals surface area contributed by atoms with Gasteiger partial charge in [0.25, 0.3) is 0 Å². The summed E-state index contributed by atoms with van der Waals surface area (Å²) >= 11 is 1.34. The third-order valence-corrected chi connectivity index (χ3v) is 5.57. The molecule has 2 aromatic carbocycles. The van der Waals surface area contributed by atoms with Crippen LogP contribution < -0.4 is 5.32 Å². The van der Waals surface area contributed by atoms with Gasteiger partial charge in [-0.2, -0.15) is 4.68 Å². The number of aryl methyl sites for hydroxylation is 3. The summed E-state index contributed by atoms with van der Waals surface area (Å²) in [6.45, 7) is 8.18. The largest absolute Gasteiger partial charge is 0.349 e. The second-order valence-electron chi connectivity index (χ2n) is 6.84. The maximum absolute atomic E-state index is 12.5. The summed E-state index contributed by atoms with van der Waals surface area (Å²) < 4.78 is 1.71. The molecular formula is C21H25N5OS. The lowest BCUT2D eigenvalue weighted by molar-refractivity contribution is -0.119. The van der Waals surface area contributed by atoms with Crippen LogP contribution >= 0.6 is 11.8 Å². The maximum atomic E-state index is 12.5. The molecule has 1 N–H and O–H groups in total. The fourth-order valence-electron chi connectivity index (χ4n) is 3.13. The minimum Gasteiger partial charge on any atom is -0.349 e. The fourth-order valence-corrected chi connectivity index (χ4v) is 3.82. The smallest absolute Gasteiger partial charge is 0.230 e. The molecular weight excluding hydrogens is 370 g/mol. The molecule has 28 heavy (non-hydrogen) atoms. The number of rotatable bonds is 7. The van der Waals surface area contributed by atoms with Gasteiger partial charge in [0, 0.05) is 0 Å². The van der Waals surface area contributed by atoms with E-state index in [-0.39, 0.29) is 17.7 Å². The van der Waals surface area contributed by atoms with Gasteiger partial charge in [-0.25, -0.2) is 0 Å². The topological polar surface area (TPSA) is 72.7 Å².